The van der Waals surface area contributed by atoms with Crippen LogP contribution >= 0.6 is 0 Å². The van der Waals surface area contributed by atoms with Gasteiger partial charge in [-0.25, -0.2) is 27.2 Å². The Morgan fingerprint density at radius 1 is 1.28 bits per heavy atom. The average molecular weight is 662 g/mol. The predicted octanol–water partition coefficient (Wildman–Crippen LogP) is 4.89. The van der Waals surface area contributed by atoms with Crippen LogP contribution in [0.1, 0.15) is 29.4 Å². The van der Waals surface area contributed by atoms with Crippen molar-refractivity contribution in [3.63, 3.8) is 0 Å². The van der Waals surface area contributed by atoms with E-state index in [0.717, 1.165) is 12.1 Å². The Kier molecular flexibility index (Phi) is 10.2. The first kappa shape index (κ1) is 32.8. The summed E-state index contributed by atoms with van der Waals surface area (Å²) in [6.07, 6.45) is 3.59. The third-order valence-corrected chi connectivity index (χ3v) is 8.03. The van der Waals surface area contributed by atoms with Gasteiger partial charge in [-0.3, -0.25) is 4.79 Å². The van der Waals surface area contributed by atoms with Crippen molar-refractivity contribution in [1.82, 2.24) is 19.1 Å². The van der Waals surface area contributed by atoms with Crippen LogP contribution in [0.25, 0.3) is 10.9 Å². The van der Waals surface area contributed by atoms with E-state index in [-0.39, 0.29) is 41.3 Å². The molecule has 1 aliphatic rings. The number of hydrogen-bond acceptors (Lipinski definition) is 9. The fourth-order valence-electron chi connectivity index (χ4n) is 4.67. The summed E-state index contributed by atoms with van der Waals surface area (Å²) < 4.78 is 79.4. The van der Waals surface area contributed by atoms with Crippen LogP contribution in [-0.4, -0.2) is 74.0 Å². The van der Waals surface area contributed by atoms with Gasteiger partial charge >= 0.3 is 0 Å². The molecule has 1 atom stereocenters. The number of alkyl halides is 2. The standard InChI is InChI=1S/C30H31F4N7O4S/c1-3-5-27(45-29-20(31)6-4-7-21(29)32)36-8-9-41-30(35)19(13-37-41)28(42)24-10-17-11-25(44-16-26(33)34)23(12-22(17)39-24)38-18-14-40(15-18)46(2)43/h4-8,10-13,18,26,38-39H,3,9,14-16,35H2,1-2H3/b27-5+,36-8?. The number of nitrogens with zero attached hydrogens (tertiary/aromatic N) is 4. The number of para-hydroxylation sites is 1. The van der Waals surface area contributed by atoms with Gasteiger partial charge in [0.05, 0.1) is 48.8 Å². The molecule has 0 aliphatic carbocycles. The van der Waals surface area contributed by atoms with E-state index in [9.17, 15) is 26.9 Å². The summed E-state index contributed by atoms with van der Waals surface area (Å²) in [5, 5.41) is 7.95. The smallest absolute Gasteiger partial charge is 0.272 e. The van der Waals surface area contributed by atoms with E-state index in [1.54, 1.807) is 41.8 Å². The number of carbonyl (C=O) groups is 1. The number of benzene rings is 2. The maximum atomic E-state index is 14.0. The predicted molar refractivity (Wildman–Crippen MR) is 167 cm³/mol. The van der Waals surface area contributed by atoms with Gasteiger partial charge in [0.15, 0.2) is 11.6 Å². The second-order valence-electron chi connectivity index (χ2n) is 10.3. The van der Waals surface area contributed by atoms with Gasteiger partial charge in [0, 0.05) is 28.5 Å². The number of nitrogen functional groups attached to an aromatic ring is 1. The quantitative estimate of drug-likeness (QED) is 0.0570. The summed E-state index contributed by atoms with van der Waals surface area (Å²) in [5.74, 6) is -2.60. The van der Waals surface area contributed by atoms with Crippen LogP contribution in [0.4, 0.5) is 29.1 Å². The molecule has 1 saturated heterocycles. The summed E-state index contributed by atoms with van der Waals surface area (Å²) in [6, 6.07) is 8.07. The van der Waals surface area contributed by atoms with Crippen molar-refractivity contribution < 1.29 is 36.4 Å². The molecule has 0 radical (unpaired) electrons. The second-order valence-corrected chi connectivity index (χ2v) is 11.7. The molecule has 4 N–H and O–H groups in total. The van der Waals surface area contributed by atoms with Gasteiger partial charge in [0.2, 0.25) is 17.4 Å². The van der Waals surface area contributed by atoms with Gasteiger partial charge in [-0.2, -0.15) is 5.10 Å². The number of hydrogen-bond donors (Lipinski definition) is 3. The molecule has 46 heavy (non-hydrogen) atoms. The van der Waals surface area contributed by atoms with Crippen molar-refractivity contribution in [2.45, 2.75) is 32.4 Å². The van der Waals surface area contributed by atoms with Crippen LogP contribution in [0.2, 0.25) is 0 Å². The molecule has 5 rings (SSSR count). The zero-order valence-electron chi connectivity index (χ0n) is 24.8. The van der Waals surface area contributed by atoms with Gasteiger partial charge in [0.1, 0.15) is 24.4 Å². The molecule has 2 aromatic heterocycles. The van der Waals surface area contributed by atoms with Crippen LogP contribution < -0.4 is 20.5 Å². The van der Waals surface area contributed by atoms with E-state index in [4.69, 9.17) is 15.2 Å². The number of aromatic nitrogens is 3. The molecule has 0 saturated carbocycles. The summed E-state index contributed by atoms with van der Waals surface area (Å²) in [6.45, 7) is 2.01. The van der Waals surface area contributed by atoms with E-state index in [1.807, 2.05) is 0 Å². The number of carbonyl (C=O) groups excluding carboxylic acids is 1. The molecule has 1 unspecified atom stereocenters. The lowest BCUT2D eigenvalue weighted by Gasteiger charge is -2.38. The lowest BCUT2D eigenvalue weighted by atomic mass is 10.1. The SMILES string of the molecule is CC/C=C(\N=CCn1ncc(C(=O)c2cc3cc(OCC(F)F)c(NC4CN([S+](C)[O-])C4)cc3[nH]2)c1N)Oc1c(F)cccc1F. The van der Waals surface area contributed by atoms with Crippen molar-refractivity contribution in [2.24, 2.45) is 4.99 Å². The molecule has 0 bridgehead atoms. The van der Waals surface area contributed by atoms with Crippen LogP contribution in [-0.2, 0) is 17.9 Å². The van der Waals surface area contributed by atoms with Gasteiger partial charge in [-0.05, 0) is 42.8 Å². The van der Waals surface area contributed by atoms with E-state index < -0.39 is 47.6 Å². The van der Waals surface area contributed by atoms with Crippen molar-refractivity contribution in [2.75, 3.05) is 37.0 Å². The number of nitrogens with one attached hydrogen (secondary N) is 2. The number of aromatic amines is 1. The second kappa shape index (κ2) is 14.3. The van der Waals surface area contributed by atoms with Crippen molar-refractivity contribution in [3.05, 3.63) is 77.4 Å². The third-order valence-electron chi connectivity index (χ3n) is 7.00. The van der Waals surface area contributed by atoms with E-state index in [2.05, 4.69) is 20.4 Å². The van der Waals surface area contributed by atoms with Gasteiger partial charge in [-0.1, -0.05) is 13.0 Å². The van der Waals surface area contributed by atoms with E-state index in [1.165, 1.54) is 23.2 Å². The monoisotopic (exact) mass is 661 g/mol. The number of allylic oxidation sites excluding steroid dienone is 1. The Morgan fingerprint density at radius 2 is 2.02 bits per heavy atom. The molecule has 4 aromatic rings. The number of nitrogens with two attached hydrogens (primary N) is 1. The van der Waals surface area contributed by atoms with Crippen molar-refractivity contribution in [1.29, 1.82) is 0 Å². The van der Waals surface area contributed by atoms with Gasteiger partial charge < -0.3 is 30.1 Å². The Morgan fingerprint density at radius 3 is 2.70 bits per heavy atom. The number of aliphatic imine (C=N–C) groups is 1. The van der Waals surface area contributed by atoms with Gasteiger partial charge in [0.25, 0.3) is 6.43 Å². The number of fused-ring (bicyclic) bond motifs is 1. The first-order valence-electron chi connectivity index (χ1n) is 14.2. The Labute approximate surface area is 264 Å². The molecule has 1 aliphatic heterocycles. The van der Waals surface area contributed by atoms with Crippen LogP contribution in [0, 0.1) is 11.6 Å². The molecule has 0 amide bonds. The highest BCUT2D eigenvalue weighted by Gasteiger charge is 2.34. The number of H-pyrrole nitrogens is 1. The minimum atomic E-state index is -2.69. The van der Waals surface area contributed by atoms with Crippen LogP contribution in [0.15, 0.2) is 59.5 Å². The largest absolute Gasteiger partial charge is 0.598 e. The number of anilines is 2. The molecular formula is C30H31F4N7O4S. The molecule has 0 spiro atoms. The average Bonchev–Trinajstić information content (AvgIpc) is 3.57. The number of rotatable bonds is 14. The lowest BCUT2D eigenvalue weighted by molar-refractivity contribution is 0.0822. The fraction of sp³-hybridized carbons (Fsp3) is 0.300. The molecule has 16 heteroatoms. The van der Waals surface area contributed by atoms with Gasteiger partial charge in [-0.15, -0.1) is 4.31 Å². The van der Waals surface area contributed by atoms with Crippen molar-refractivity contribution in [3.8, 4) is 11.5 Å². The highest BCUT2D eigenvalue weighted by molar-refractivity contribution is 7.88. The number of halogens is 4. The molecule has 11 nitrogen and oxygen atoms in total. The Balaban J connectivity index is 1.31. The first-order chi connectivity index (χ1) is 22.0. The molecule has 2 aromatic carbocycles. The lowest BCUT2D eigenvalue weighted by Crippen LogP contribution is -2.56. The zero-order valence-corrected chi connectivity index (χ0v) is 25.6. The van der Waals surface area contributed by atoms with Crippen LogP contribution in [0.5, 0.6) is 11.5 Å². The number of ketones is 1. The molecular weight excluding hydrogens is 630 g/mol. The summed E-state index contributed by atoms with van der Waals surface area (Å²) in [5.41, 5.74) is 7.51. The Hall–Kier alpha value is -4.54. The fourth-order valence-corrected chi connectivity index (χ4v) is 5.45. The topological polar surface area (TPSA) is 146 Å². The normalized spacial score (nSPS) is 15.1. The minimum absolute atomic E-state index is 0.0140. The highest BCUT2D eigenvalue weighted by Crippen LogP contribution is 2.34. The molecule has 244 valence electrons. The minimum Gasteiger partial charge on any atom is -0.598 e. The summed E-state index contributed by atoms with van der Waals surface area (Å²) in [4.78, 5) is 20.6. The third kappa shape index (κ3) is 7.46. The maximum absolute atomic E-state index is 14.0. The van der Waals surface area contributed by atoms with E-state index in [0.29, 0.717) is 36.1 Å². The van der Waals surface area contributed by atoms with Crippen molar-refractivity contribution >= 4 is 45.8 Å². The highest BCUT2D eigenvalue weighted by atomic mass is 32.2. The first-order valence-corrected chi connectivity index (χ1v) is 15.7. The molecule has 3 heterocycles. The summed E-state index contributed by atoms with van der Waals surface area (Å²) in [7, 11) is 0. The zero-order chi connectivity index (χ0) is 33.0. The maximum Gasteiger partial charge on any atom is 0.272 e. The molecule has 1 fully saturated rings. The summed E-state index contributed by atoms with van der Waals surface area (Å²) >= 11 is -1.11. The van der Waals surface area contributed by atoms with Crippen LogP contribution in [0.3, 0.4) is 0 Å². The Bertz CT molecular complexity index is 1750. The van der Waals surface area contributed by atoms with E-state index >= 15 is 0 Å². The number of ether oxygens (including phenoxy) is 2.